The summed E-state index contributed by atoms with van der Waals surface area (Å²) < 4.78 is 47.4. The van der Waals surface area contributed by atoms with Gasteiger partial charge in [-0.3, -0.25) is 9.48 Å². The molecule has 2 bridgehead atoms. The number of carbonyl (C=O) groups is 1. The number of rotatable bonds is 2. The third-order valence-electron chi connectivity index (χ3n) is 5.11. The van der Waals surface area contributed by atoms with E-state index in [9.17, 15) is 4.79 Å². The molecule has 0 aliphatic carbocycles. The van der Waals surface area contributed by atoms with Crippen LogP contribution in [0.25, 0.3) is 10.9 Å². The van der Waals surface area contributed by atoms with Gasteiger partial charge in [0.1, 0.15) is 0 Å². The molecule has 2 saturated heterocycles. The first-order chi connectivity index (χ1) is 13.6. The highest BCUT2D eigenvalue weighted by atomic mass is 16.2. The van der Waals surface area contributed by atoms with Crippen LogP contribution in [0.2, 0.25) is 0 Å². The molecular weight excluding hydrogens is 288 g/mol. The number of fused-ring (bicyclic) bond motifs is 3. The van der Waals surface area contributed by atoms with Crippen LogP contribution < -0.4 is 5.32 Å². The molecule has 1 aromatic carbocycles. The monoisotopic (exact) mass is 318 g/mol. The number of carbonyl (C=O) groups excluding carboxylic acids is 1. The van der Waals surface area contributed by atoms with Gasteiger partial charge < -0.3 is 10.2 Å². The first kappa shape index (κ1) is 9.42. The van der Waals surface area contributed by atoms with Crippen LogP contribution in [0.15, 0.2) is 24.3 Å². The number of nitrogens with one attached hydrogen (secondary N) is 1. The number of hydrogen-bond acceptors (Lipinski definition) is 3. The van der Waals surface area contributed by atoms with Crippen LogP contribution >= 0.6 is 0 Å². The minimum Gasteiger partial charge on any atom is -0.348 e. The van der Waals surface area contributed by atoms with Gasteiger partial charge in [0.05, 0.1) is 5.52 Å². The summed E-state index contributed by atoms with van der Waals surface area (Å²) in [6.45, 7) is -4.61. The zero-order chi connectivity index (χ0) is 21.0. The lowest BCUT2D eigenvalue weighted by atomic mass is 9.82. The summed E-state index contributed by atoms with van der Waals surface area (Å²) in [5, 5.41) is 7.57. The van der Waals surface area contributed by atoms with Gasteiger partial charge >= 0.3 is 0 Å². The van der Waals surface area contributed by atoms with E-state index in [1.54, 1.807) is 29.2 Å². The first-order valence-electron chi connectivity index (χ1n) is 11.1. The lowest BCUT2D eigenvalue weighted by Crippen LogP contribution is -2.55. The molecule has 0 saturated carbocycles. The van der Waals surface area contributed by atoms with E-state index in [2.05, 4.69) is 10.4 Å². The normalized spacial score (nSPS) is 33.0. The number of para-hydroxylation sites is 1. The second-order valence-electron chi connectivity index (χ2n) is 6.57. The summed E-state index contributed by atoms with van der Waals surface area (Å²) >= 11 is 0. The first-order valence-corrected chi connectivity index (χ1v) is 8.13. The topological polar surface area (TPSA) is 50.2 Å². The van der Waals surface area contributed by atoms with Crippen LogP contribution in [-0.2, 0) is 6.98 Å². The Hall–Kier alpha value is -1.88. The van der Waals surface area contributed by atoms with Gasteiger partial charge in [-0.1, -0.05) is 24.6 Å². The molecule has 2 fully saturated rings. The van der Waals surface area contributed by atoms with Crippen molar-refractivity contribution in [3.8, 4) is 0 Å². The number of benzene rings is 1. The second-order valence-corrected chi connectivity index (χ2v) is 6.57. The predicted molar refractivity (Wildman–Crippen MR) is 90.4 cm³/mol. The Bertz CT molecular complexity index is 907. The van der Waals surface area contributed by atoms with Gasteiger partial charge in [0.25, 0.3) is 5.91 Å². The van der Waals surface area contributed by atoms with Crippen molar-refractivity contribution in [1.29, 1.82) is 0 Å². The number of aryl methyl sites for hydroxylation is 1. The van der Waals surface area contributed by atoms with Crippen LogP contribution in [-0.4, -0.2) is 45.7 Å². The number of piperidine rings is 2. The van der Waals surface area contributed by atoms with E-state index in [0.29, 0.717) is 23.7 Å². The average molecular weight is 318 g/mol. The van der Waals surface area contributed by atoms with Gasteiger partial charge in [-0.2, -0.15) is 5.10 Å². The molecule has 23 heavy (non-hydrogen) atoms. The van der Waals surface area contributed by atoms with Crippen LogP contribution in [0.4, 0.5) is 0 Å². The lowest BCUT2D eigenvalue weighted by molar-refractivity contribution is 0.0462. The number of amides is 1. The molecular formula is C18H24N4O. The highest BCUT2D eigenvalue weighted by Gasteiger charge is 2.36. The van der Waals surface area contributed by atoms with Crippen LogP contribution in [0.1, 0.15) is 50.8 Å². The van der Waals surface area contributed by atoms with Crippen molar-refractivity contribution < 1.29 is 13.0 Å². The third kappa shape index (κ3) is 2.53. The zero-order valence-electron chi connectivity index (χ0n) is 18.8. The largest absolute Gasteiger partial charge is 0.348 e. The fourth-order valence-electron chi connectivity index (χ4n) is 3.99. The van der Waals surface area contributed by atoms with Crippen molar-refractivity contribution in [1.82, 2.24) is 20.0 Å². The number of nitrogens with zero attached hydrogens (tertiary/aromatic N) is 3. The molecule has 4 rings (SSSR count). The van der Waals surface area contributed by atoms with Gasteiger partial charge in [-0.05, 0) is 38.7 Å². The molecule has 3 heterocycles. The minimum absolute atomic E-state index is 0.0835. The van der Waals surface area contributed by atoms with E-state index in [0.717, 1.165) is 23.9 Å². The van der Waals surface area contributed by atoms with E-state index in [-0.39, 0.29) is 23.8 Å². The quantitative estimate of drug-likeness (QED) is 0.924. The summed E-state index contributed by atoms with van der Waals surface area (Å²) in [5.41, 5.74) is 0.465. The predicted octanol–water partition coefficient (Wildman–Crippen LogP) is 2.32. The second kappa shape index (κ2) is 5.64. The van der Waals surface area contributed by atoms with Crippen molar-refractivity contribution in [3.63, 3.8) is 0 Å². The SMILES string of the molecule is [2H]C([2H])([2H])N1C2CCCC1CC(NC(=O)c1nn(C([2H])([2H])[2H])c3ccccc13)C2. The van der Waals surface area contributed by atoms with E-state index in [1.807, 2.05) is 0 Å². The maximum absolute atomic E-state index is 13.0. The molecule has 1 N–H and O–H groups in total. The Kier molecular flexibility index (Phi) is 2.31. The molecule has 1 aromatic heterocycles. The van der Waals surface area contributed by atoms with Crippen molar-refractivity contribution in [2.45, 2.75) is 50.2 Å². The molecule has 2 aliphatic heterocycles. The maximum Gasteiger partial charge on any atom is 0.272 e. The zero-order valence-corrected chi connectivity index (χ0v) is 12.8. The Morgan fingerprint density at radius 3 is 2.78 bits per heavy atom. The lowest BCUT2D eigenvalue weighted by Gasteiger charge is -2.47. The summed E-state index contributed by atoms with van der Waals surface area (Å²) in [6.07, 6.45) is 3.74. The van der Waals surface area contributed by atoms with Gasteiger partial charge in [0.2, 0.25) is 0 Å². The Balaban J connectivity index is 1.57. The van der Waals surface area contributed by atoms with E-state index in [1.165, 1.54) is 0 Å². The Morgan fingerprint density at radius 2 is 2.04 bits per heavy atom. The van der Waals surface area contributed by atoms with Crippen molar-refractivity contribution in [2.24, 2.45) is 6.98 Å². The van der Waals surface area contributed by atoms with Crippen molar-refractivity contribution >= 4 is 16.8 Å². The molecule has 2 aliphatic rings. The summed E-state index contributed by atoms with van der Waals surface area (Å²) in [6, 6.07) is 6.43. The molecule has 5 nitrogen and oxygen atoms in total. The molecule has 0 spiro atoms. The maximum atomic E-state index is 13.0. The van der Waals surface area contributed by atoms with Crippen LogP contribution in [0.3, 0.4) is 0 Å². The smallest absolute Gasteiger partial charge is 0.272 e. The minimum atomic E-state index is -2.49. The standard InChI is InChI=1S/C18H24N4O/c1-21-13-6-5-7-14(21)11-12(10-13)19-18(23)17-15-8-3-4-9-16(15)22(2)20-17/h3-4,8-9,12-14H,5-7,10-11H2,1-2H3,(H,19,23)/i1D3,2D3. The van der Waals surface area contributed by atoms with Crippen molar-refractivity contribution in [3.05, 3.63) is 30.0 Å². The Morgan fingerprint density at radius 1 is 1.26 bits per heavy atom. The highest BCUT2D eigenvalue weighted by Crippen LogP contribution is 2.32. The van der Waals surface area contributed by atoms with Crippen LogP contribution in [0.5, 0.6) is 0 Å². The molecule has 0 radical (unpaired) electrons. The van der Waals surface area contributed by atoms with E-state index >= 15 is 0 Å². The molecule has 122 valence electrons. The van der Waals surface area contributed by atoms with E-state index in [4.69, 9.17) is 8.22 Å². The molecule has 2 unspecified atom stereocenters. The fraction of sp³-hybridized carbons (Fsp3) is 0.556. The van der Waals surface area contributed by atoms with Gasteiger partial charge in [0, 0.05) is 38.7 Å². The highest BCUT2D eigenvalue weighted by molar-refractivity contribution is 6.04. The van der Waals surface area contributed by atoms with Crippen molar-refractivity contribution in [2.75, 3.05) is 6.98 Å². The Labute approximate surface area is 145 Å². The summed E-state index contributed by atoms with van der Waals surface area (Å²) in [5.74, 6) is -0.422. The van der Waals surface area contributed by atoms with Gasteiger partial charge in [-0.25, -0.2) is 0 Å². The third-order valence-corrected chi connectivity index (χ3v) is 5.11. The fourth-order valence-corrected chi connectivity index (χ4v) is 3.99. The summed E-state index contributed by atoms with van der Waals surface area (Å²) in [4.78, 5) is 14.6. The molecule has 1 amide bonds. The molecule has 5 heteroatoms. The van der Waals surface area contributed by atoms with Gasteiger partial charge in [0.15, 0.2) is 5.69 Å². The van der Waals surface area contributed by atoms with Gasteiger partial charge in [-0.15, -0.1) is 0 Å². The number of hydrogen-bond donors (Lipinski definition) is 1. The number of aromatic nitrogens is 2. The molecule has 2 aromatic rings. The average Bonchev–Trinajstić information content (AvgIpc) is 3.00. The molecule has 2 atom stereocenters. The summed E-state index contributed by atoms with van der Waals surface area (Å²) in [7, 11) is 0. The van der Waals surface area contributed by atoms with E-state index < -0.39 is 19.9 Å². The van der Waals surface area contributed by atoms with Crippen LogP contribution in [0, 0.1) is 0 Å².